The maximum Gasteiger partial charge on any atom is 0.246 e. The van der Waals surface area contributed by atoms with Gasteiger partial charge in [0.15, 0.2) is 0 Å². The number of hydrogen-bond acceptors (Lipinski definition) is 5. The summed E-state index contributed by atoms with van der Waals surface area (Å²) < 4.78 is 32.8. The summed E-state index contributed by atoms with van der Waals surface area (Å²) in [6, 6.07) is 12.8. The molecule has 7 nitrogen and oxygen atoms in total. The summed E-state index contributed by atoms with van der Waals surface area (Å²) >= 11 is 6.08. The molecule has 1 heterocycles. The summed E-state index contributed by atoms with van der Waals surface area (Å²) in [5.74, 6) is 0.210. The number of carbonyl (C=O) groups excluding carboxylic acids is 1. The van der Waals surface area contributed by atoms with Crippen molar-refractivity contribution in [2.24, 2.45) is 0 Å². The van der Waals surface area contributed by atoms with E-state index in [0.29, 0.717) is 31.2 Å². The van der Waals surface area contributed by atoms with Crippen LogP contribution in [0.25, 0.3) is 0 Å². The third-order valence-corrected chi connectivity index (χ3v) is 7.77. The van der Waals surface area contributed by atoms with Gasteiger partial charge in [-0.25, -0.2) is 8.42 Å². The highest BCUT2D eigenvalue weighted by molar-refractivity contribution is 7.89. The van der Waals surface area contributed by atoms with Crippen molar-refractivity contribution in [3.05, 3.63) is 53.1 Å². The molecule has 1 aliphatic heterocycles. The second-order valence-corrected chi connectivity index (χ2v) is 10.6. The number of hydrogen-bond donors (Lipinski definition) is 0. The van der Waals surface area contributed by atoms with Gasteiger partial charge in [0.05, 0.1) is 13.7 Å². The van der Waals surface area contributed by atoms with E-state index in [4.69, 9.17) is 16.3 Å². The number of likely N-dealkylation sites (N-methyl/N-ethyl adjacent to an activating group) is 1. The van der Waals surface area contributed by atoms with Gasteiger partial charge in [0.1, 0.15) is 10.6 Å². The van der Waals surface area contributed by atoms with Gasteiger partial charge >= 0.3 is 0 Å². The number of rotatable bonds is 7. The molecule has 3 rings (SSSR count). The Morgan fingerprint density at radius 3 is 2.41 bits per heavy atom. The third kappa shape index (κ3) is 5.36. The Morgan fingerprint density at radius 2 is 1.81 bits per heavy atom. The van der Waals surface area contributed by atoms with Crippen LogP contribution in [-0.4, -0.2) is 70.4 Å². The Labute approximate surface area is 195 Å². The second-order valence-electron chi connectivity index (χ2n) is 8.17. The molecule has 0 radical (unpaired) electrons. The topological polar surface area (TPSA) is 70.2 Å². The first-order chi connectivity index (χ1) is 15.1. The average molecular weight is 480 g/mol. The van der Waals surface area contributed by atoms with E-state index in [0.717, 1.165) is 15.6 Å². The van der Waals surface area contributed by atoms with E-state index in [-0.39, 0.29) is 29.0 Å². The highest BCUT2D eigenvalue weighted by Crippen LogP contribution is 2.30. The van der Waals surface area contributed by atoms with Crippen LogP contribution in [0.4, 0.5) is 5.69 Å². The number of ether oxygens (including phenoxy) is 1. The summed E-state index contributed by atoms with van der Waals surface area (Å²) in [5.41, 5.74) is 1.91. The lowest BCUT2D eigenvalue weighted by Crippen LogP contribution is -2.51. The molecular formula is C23H30ClN3O4S. The standard InChI is InChI=1S/C23H30ClN3O4S/c1-17(2)18-8-9-21(31-4)22(14-18)32(29,30)25(3)16-23(28)27-12-10-26(11-13-27)20-7-5-6-19(24)15-20/h5-9,14-15,17H,10-13,16H2,1-4H3. The summed E-state index contributed by atoms with van der Waals surface area (Å²) in [5, 5.41) is 0.671. The Kier molecular flexibility index (Phi) is 7.69. The minimum atomic E-state index is -3.89. The molecule has 0 aromatic heterocycles. The first kappa shape index (κ1) is 24.4. The van der Waals surface area contributed by atoms with Crippen LogP contribution in [0.15, 0.2) is 47.4 Å². The third-order valence-electron chi connectivity index (χ3n) is 5.71. The molecule has 0 unspecified atom stereocenters. The molecule has 1 fully saturated rings. The first-order valence-corrected chi connectivity index (χ1v) is 12.4. The van der Waals surface area contributed by atoms with E-state index < -0.39 is 10.0 Å². The number of piperazine rings is 1. The lowest BCUT2D eigenvalue weighted by atomic mass is 10.0. The molecule has 2 aromatic rings. The van der Waals surface area contributed by atoms with Crippen molar-refractivity contribution >= 4 is 33.2 Å². The number of amides is 1. The Hall–Kier alpha value is -2.29. The number of anilines is 1. The fourth-order valence-corrected chi connectivity index (χ4v) is 5.18. The van der Waals surface area contributed by atoms with Crippen molar-refractivity contribution in [1.29, 1.82) is 0 Å². The molecule has 0 N–H and O–H groups in total. The van der Waals surface area contributed by atoms with Crippen LogP contribution >= 0.6 is 11.6 Å². The first-order valence-electron chi connectivity index (χ1n) is 10.6. The van der Waals surface area contributed by atoms with Gasteiger partial charge in [-0.05, 0) is 41.8 Å². The van der Waals surface area contributed by atoms with Gasteiger partial charge in [0.25, 0.3) is 0 Å². The molecule has 9 heteroatoms. The van der Waals surface area contributed by atoms with Gasteiger partial charge < -0.3 is 14.5 Å². The molecule has 32 heavy (non-hydrogen) atoms. The molecule has 174 valence electrons. The Bertz CT molecular complexity index is 1070. The molecule has 0 saturated carbocycles. The number of halogens is 1. The molecule has 0 atom stereocenters. The lowest BCUT2D eigenvalue weighted by molar-refractivity contribution is -0.131. The van der Waals surface area contributed by atoms with Crippen LogP contribution in [0.3, 0.4) is 0 Å². The zero-order valence-corrected chi connectivity index (χ0v) is 20.5. The molecular weight excluding hydrogens is 450 g/mol. The van der Waals surface area contributed by atoms with Gasteiger partial charge in [-0.15, -0.1) is 0 Å². The molecule has 1 saturated heterocycles. The van der Waals surface area contributed by atoms with Crippen molar-refractivity contribution in [3.8, 4) is 5.75 Å². The molecule has 0 spiro atoms. The zero-order valence-electron chi connectivity index (χ0n) is 18.9. The van der Waals surface area contributed by atoms with Crippen LogP contribution in [0, 0.1) is 0 Å². The number of benzene rings is 2. The average Bonchev–Trinajstić information content (AvgIpc) is 2.78. The van der Waals surface area contributed by atoms with Gasteiger partial charge in [0, 0.05) is 43.9 Å². The van der Waals surface area contributed by atoms with Crippen molar-refractivity contribution in [2.75, 3.05) is 51.8 Å². The quantitative estimate of drug-likeness (QED) is 0.608. The van der Waals surface area contributed by atoms with Gasteiger partial charge in [-0.1, -0.05) is 37.6 Å². The predicted molar refractivity (Wildman–Crippen MR) is 127 cm³/mol. The fraction of sp³-hybridized carbons (Fsp3) is 0.435. The molecule has 0 bridgehead atoms. The van der Waals surface area contributed by atoms with Crippen molar-refractivity contribution in [1.82, 2.24) is 9.21 Å². The number of methoxy groups -OCH3 is 1. The van der Waals surface area contributed by atoms with E-state index >= 15 is 0 Å². The van der Waals surface area contributed by atoms with Crippen LogP contribution in [0.2, 0.25) is 5.02 Å². The van der Waals surface area contributed by atoms with Gasteiger partial charge in [-0.3, -0.25) is 4.79 Å². The minimum Gasteiger partial charge on any atom is -0.495 e. The fourth-order valence-electron chi connectivity index (χ4n) is 3.68. The van der Waals surface area contributed by atoms with E-state index in [1.54, 1.807) is 17.0 Å². The highest BCUT2D eigenvalue weighted by Gasteiger charge is 2.30. The highest BCUT2D eigenvalue weighted by atomic mass is 35.5. The van der Waals surface area contributed by atoms with Gasteiger partial charge in [0.2, 0.25) is 15.9 Å². The van der Waals surface area contributed by atoms with E-state index in [9.17, 15) is 13.2 Å². The van der Waals surface area contributed by atoms with Crippen LogP contribution in [0.1, 0.15) is 25.3 Å². The van der Waals surface area contributed by atoms with Crippen molar-refractivity contribution in [2.45, 2.75) is 24.7 Å². The lowest BCUT2D eigenvalue weighted by Gasteiger charge is -2.36. The second kappa shape index (κ2) is 10.1. The predicted octanol–water partition coefficient (Wildman–Crippen LogP) is 3.44. The van der Waals surface area contributed by atoms with Crippen LogP contribution in [-0.2, 0) is 14.8 Å². The molecule has 0 aliphatic carbocycles. The summed E-state index contributed by atoms with van der Waals surface area (Å²) in [4.78, 5) is 16.8. The Balaban J connectivity index is 1.67. The monoisotopic (exact) mass is 479 g/mol. The Morgan fingerprint density at radius 1 is 1.12 bits per heavy atom. The minimum absolute atomic E-state index is 0.0762. The van der Waals surface area contributed by atoms with Crippen LogP contribution < -0.4 is 9.64 Å². The summed E-state index contributed by atoms with van der Waals surface area (Å²) in [6.45, 7) is 6.12. The molecule has 2 aromatic carbocycles. The number of sulfonamides is 1. The number of carbonyl (C=O) groups is 1. The van der Waals surface area contributed by atoms with E-state index in [1.807, 2.05) is 44.2 Å². The zero-order chi connectivity index (χ0) is 23.5. The normalized spacial score (nSPS) is 14.8. The maximum atomic E-state index is 13.2. The van der Waals surface area contributed by atoms with Gasteiger partial charge in [-0.2, -0.15) is 4.31 Å². The van der Waals surface area contributed by atoms with Crippen LogP contribution in [0.5, 0.6) is 5.75 Å². The summed E-state index contributed by atoms with van der Waals surface area (Å²) in [7, 11) is -1.03. The molecule has 1 amide bonds. The largest absolute Gasteiger partial charge is 0.495 e. The van der Waals surface area contributed by atoms with E-state index in [2.05, 4.69) is 4.90 Å². The summed E-state index contributed by atoms with van der Waals surface area (Å²) in [6.07, 6.45) is 0. The van der Waals surface area contributed by atoms with Crippen molar-refractivity contribution < 1.29 is 17.9 Å². The number of nitrogens with zero attached hydrogens (tertiary/aromatic N) is 3. The maximum absolute atomic E-state index is 13.2. The van der Waals surface area contributed by atoms with Crippen molar-refractivity contribution in [3.63, 3.8) is 0 Å². The SMILES string of the molecule is COc1ccc(C(C)C)cc1S(=O)(=O)N(C)CC(=O)N1CCN(c2cccc(Cl)c2)CC1. The molecule has 1 aliphatic rings. The van der Waals surface area contributed by atoms with E-state index in [1.165, 1.54) is 14.2 Å². The smallest absolute Gasteiger partial charge is 0.246 e.